The van der Waals surface area contributed by atoms with Gasteiger partial charge >= 0.3 is 64.6 Å². The number of hydrogen-bond acceptors (Lipinski definition) is 5. The molecule has 200 valence electrons. The molecule has 1 saturated heterocycles. The number of epoxide rings is 1. The van der Waals surface area contributed by atoms with Crippen molar-refractivity contribution in [1.29, 1.82) is 0 Å². The maximum absolute atomic E-state index is 11.8. The molecule has 0 unspecified atom stereocenters. The third-order valence-corrected chi connectivity index (χ3v) is 4.48. The third-order valence-electron chi connectivity index (χ3n) is 4.48. The van der Waals surface area contributed by atoms with E-state index in [1.165, 1.54) is 0 Å². The first-order chi connectivity index (χ1) is 14.9. The molecule has 0 radical (unpaired) electrons. The van der Waals surface area contributed by atoms with Gasteiger partial charge in [-0.05, 0) is 78.5 Å². The van der Waals surface area contributed by atoms with E-state index in [0.717, 1.165) is 19.4 Å². The van der Waals surface area contributed by atoms with Crippen molar-refractivity contribution in [2.24, 2.45) is 0 Å². The van der Waals surface area contributed by atoms with Crippen molar-refractivity contribution in [1.82, 2.24) is 0 Å². The van der Waals surface area contributed by atoms with Crippen LogP contribution in [0.15, 0.2) is 0 Å². The molecule has 1 aliphatic heterocycles. The summed E-state index contributed by atoms with van der Waals surface area (Å²) in [6, 6.07) is 0. The second-order valence-electron chi connectivity index (χ2n) is 10.0. The number of hydrogen-bond donors (Lipinski definition) is 0. The smallest absolute Gasteiger partial charge is 0.850 e. The number of ether oxygens (including phenoxy) is 3. The molecule has 1 spiro atoms. The molecule has 3 rings (SSSR count). The summed E-state index contributed by atoms with van der Waals surface area (Å²) in [5.74, 6) is 0.152. The number of halogens is 5. The fourth-order valence-electron chi connectivity index (χ4n) is 2.98. The molecule has 34 heavy (non-hydrogen) atoms. The maximum Gasteiger partial charge on any atom is 1.00 e. The summed E-state index contributed by atoms with van der Waals surface area (Å²) < 4.78 is 60.7. The third kappa shape index (κ3) is 27.0. The standard InChI is InChI=1S/C8H12F2O2.C7H10F2O2.C4H9O.C3H9IS.K/c9-7(10)12-6-1-3-8(4-2-6)5-11-8;8-7(9)11-6-3-1-5(10)2-4-6;1-4(2,3)5;1-5(2,3)4;/h6-7H,1-5H2;6-7H,1-4H2;2*1-3H3;/q;;-1;;+1. The number of ketones is 1. The minimum atomic E-state index is -2.70. The Bertz CT molecular complexity index is 514. The number of carbonyl (C=O) groups is 1. The van der Waals surface area contributed by atoms with E-state index in [-0.39, 0.29) is 76.1 Å². The molecule has 0 amide bonds. The predicted molar refractivity (Wildman–Crippen MR) is 132 cm³/mol. The van der Waals surface area contributed by atoms with Crippen LogP contribution in [-0.2, 0) is 19.0 Å². The van der Waals surface area contributed by atoms with Crippen LogP contribution in [0.3, 0.4) is 0 Å². The normalized spacial score (nSPS) is 25.2. The van der Waals surface area contributed by atoms with Crippen molar-refractivity contribution in [3.63, 3.8) is 0 Å². The van der Waals surface area contributed by atoms with Crippen molar-refractivity contribution in [3.05, 3.63) is 0 Å². The van der Waals surface area contributed by atoms with Gasteiger partial charge in [0.15, 0.2) is 0 Å². The van der Waals surface area contributed by atoms with Gasteiger partial charge in [0.1, 0.15) is 5.78 Å². The first-order valence-electron chi connectivity index (χ1n) is 11.0. The molecular weight excluding hydrogens is 618 g/mol. The zero-order valence-corrected chi connectivity index (χ0v) is 27.6. The molecule has 12 heteroatoms. The van der Waals surface area contributed by atoms with Gasteiger partial charge in [-0.1, -0.05) is 20.8 Å². The second kappa shape index (κ2) is 18.3. The van der Waals surface area contributed by atoms with Crippen molar-refractivity contribution < 1.29 is 93.1 Å². The van der Waals surface area contributed by atoms with E-state index in [4.69, 9.17) is 4.74 Å². The van der Waals surface area contributed by atoms with Crippen LogP contribution < -0.4 is 56.5 Å². The fourth-order valence-corrected chi connectivity index (χ4v) is 2.98. The molecule has 1 heterocycles. The molecule has 2 aliphatic carbocycles. The zero-order chi connectivity index (χ0) is 25.9. The van der Waals surface area contributed by atoms with Crippen LogP contribution in [0.1, 0.15) is 72.1 Å². The number of Topliss-reactive ketones (excluding diaryl/α,β-unsaturated/α-hetero) is 1. The molecule has 2 saturated carbocycles. The topological polar surface area (TPSA) is 71.1 Å². The quantitative estimate of drug-likeness (QED) is 0.201. The summed E-state index contributed by atoms with van der Waals surface area (Å²) in [6.45, 7) is 0.388. The maximum atomic E-state index is 11.8. The Balaban J connectivity index is 0. The van der Waals surface area contributed by atoms with E-state index in [1.54, 1.807) is 20.8 Å². The van der Waals surface area contributed by atoms with E-state index in [9.17, 15) is 27.5 Å². The Kier molecular flexibility index (Phi) is 20.5. The van der Waals surface area contributed by atoms with Crippen LogP contribution in [0.5, 0.6) is 0 Å². The summed E-state index contributed by atoms with van der Waals surface area (Å²) >= 11 is 2.46. The van der Waals surface area contributed by atoms with Crippen molar-refractivity contribution in [2.45, 2.75) is 109 Å². The van der Waals surface area contributed by atoms with Crippen LogP contribution in [0.2, 0.25) is 0 Å². The predicted octanol–water partition coefficient (Wildman–Crippen LogP) is 2.85. The van der Waals surface area contributed by atoms with Gasteiger partial charge in [0, 0.05) is 12.8 Å². The molecule has 3 aliphatic rings. The van der Waals surface area contributed by atoms with Gasteiger partial charge in [0.05, 0.1) is 24.4 Å². The van der Waals surface area contributed by atoms with Crippen LogP contribution >= 0.6 is 28.4 Å². The Hall–Kier alpha value is 1.95. The van der Waals surface area contributed by atoms with E-state index < -0.39 is 24.9 Å². The molecule has 5 nitrogen and oxygen atoms in total. The molecule has 0 bridgehead atoms. The average molecular weight is 659 g/mol. The SMILES string of the molecule is CC(C)(C)[O-].CS(C)(C)I.FC(F)OC1CCC2(CC1)CO2.O=C1CCC(OC(F)F)CC1.[K+]. The summed E-state index contributed by atoms with van der Waals surface area (Å²) in [7, 11) is -0.197. The molecule has 0 aromatic rings. The fraction of sp³-hybridized carbons (Fsp3) is 0.955. The first kappa shape index (κ1) is 38.1. The molecule has 3 fully saturated rings. The Morgan fingerprint density at radius 1 is 0.971 bits per heavy atom. The van der Waals surface area contributed by atoms with E-state index >= 15 is 0 Å². The Labute approximate surface area is 258 Å². The van der Waals surface area contributed by atoms with Crippen molar-refractivity contribution in [3.8, 4) is 0 Å². The van der Waals surface area contributed by atoms with Gasteiger partial charge in [0.25, 0.3) is 0 Å². The summed E-state index contributed by atoms with van der Waals surface area (Å²) in [6.07, 6.45) is 11.0. The van der Waals surface area contributed by atoms with Gasteiger partial charge < -0.3 is 19.3 Å². The number of carbonyl (C=O) groups excluding carboxylic acids is 1. The average Bonchev–Trinajstić information content (AvgIpc) is 3.36. The minimum Gasteiger partial charge on any atom is -0.850 e. The van der Waals surface area contributed by atoms with Gasteiger partial charge in [-0.15, -0.1) is 5.60 Å². The van der Waals surface area contributed by atoms with Crippen LogP contribution in [-0.4, -0.2) is 67.8 Å². The first-order valence-corrected chi connectivity index (χ1v) is 16.4. The van der Waals surface area contributed by atoms with Gasteiger partial charge in [-0.3, -0.25) is 4.79 Å². The van der Waals surface area contributed by atoms with E-state index in [0.29, 0.717) is 38.5 Å². The van der Waals surface area contributed by atoms with Crippen LogP contribution in [0.25, 0.3) is 0 Å². The zero-order valence-electron chi connectivity index (χ0n) is 21.5. The summed E-state index contributed by atoms with van der Waals surface area (Å²) in [4.78, 5) is 10.7. The number of alkyl halides is 4. The molecule has 0 N–H and O–H groups in total. The molecule has 0 aromatic heterocycles. The van der Waals surface area contributed by atoms with E-state index in [1.807, 2.05) is 0 Å². The van der Waals surface area contributed by atoms with Gasteiger partial charge in [-0.25, -0.2) is 0 Å². The molecule has 0 atom stereocenters. The summed E-state index contributed by atoms with van der Waals surface area (Å²) in [5.41, 5.74) is -0.679. The second-order valence-corrected chi connectivity index (χ2v) is 21.3. The van der Waals surface area contributed by atoms with Gasteiger partial charge in [0.2, 0.25) is 0 Å². The Morgan fingerprint density at radius 3 is 1.53 bits per heavy atom. The minimum absolute atomic E-state index is 0. The largest absolute Gasteiger partial charge is 1.00 e. The molecular formula is C22H40F4IKO5S. The van der Waals surface area contributed by atoms with Gasteiger partial charge in [-0.2, -0.15) is 24.8 Å². The Morgan fingerprint density at radius 2 is 1.26 bits per heavy atom. The van der Waals surface area contributed by atoms with Crippen LogP contribution in [0.4, 0.5) is 17.6 Å². The molecule has 0 aromatic carbocycles. The monoisotopic (exact) mass is 658 g/mol. The number of rotatable bonds is 4. The van der Waals surface area contributed by atoms with Crippen molar-refractivity contribution >= 4 is 34.2 Å². The summed E-state index contributed by atoms with van der Waals surface area (Å²) in [5, 5.41) is 10.1. The van der Waals surface area contributed by atoms with Crippen LogP contribution in [0, 0.1) is 0 Å². The van der Waals surface area contributed by atoms with E-state index in [2.05, 4.69) is 49.4 Å². The van der Waals surface area contributed by atoms with Crippen molar-refractivity contribution in [2.75, 3.05) is 25.4 Å².